The summed E-state index contributed by atoms with van der Waals surface area (Å²) in [6, 6.07) is 0. The SMILES string of the molecule is CC(C)CNCCCS(C)=O. The molecule has 0 spiro atoms. The summed E-state index contributed by atoms with van der Waals surface area (Å²) < 4.78 is 10.6. The molecule has 0 saturated heterocycles. The molecule has 0 amide bonds. The molecule has 11 heavy (non-hydrogen) atoms. The van der Waals surface area contributed by atoms with Crippen LogP contribution < -0.4 is 5.32 Å². The van der Waals surface area contributed by atoms with Gasteiger partial charge in [-0.2, -0.15) is 0 Å². The number of nitrogens with one attached hydrogen (secondary N) is 1. The van der Waals surface area contributed by atoms with Crippen LogP contribution in [0.3, 0.4) is 0 Å². The van der Waals surface area contributed by atoms with E-state index in [-0.39, 0.29) is 0 Å². The summed E-state index contributed by atoms with van der Waals surface area (Å²) in [5.74, 6) is 1.53. The lowest BCUT2D eigenvalue weighted by atomic mass is 10.2. The third kappa shape index (κ3) is 10.1. The lowest BCUT2D eigenvalue weighted by Gasteiger charge is -2.05. The van der Waals surface area contributed by atoms with E-state index in [2.05, 4.69) is 19.2 Å². The van der Waals surface area contributed by atoms with Crippen molar-refractivity contribution in [2.75, 3.05) is 25.1 Å². The first-order valence-electron chi connectivity index (χ1n) is 4.13. The van der Waals surface area contributed by atoms with Crippen molar-refractivity contribution in [2.24, 2.45) is 5.92 Å². The van der Waals surface area contributed by atoms with Gasteiger partial charge in [0.2, 0.25) is 0 Å². The van der Waals surface area contributed by atoms with Crippen molar-refractivity contribution in [1.82, 2.24) is 5.32 Å². The van der Waals surface area contributed by atoms with Gasteiger partial charge in [0.25, 0.3) is 0 Å². The lowest BCUT2D eigenvalue weighted by molar-refractivity contribution is 0.551. The summed E-state index contributed by atoms with van der Waals surface area (Å²) >= 11 is 0. The summed E-state index contributed by atoms with van der Waals surface area (Å²) in [6.07, 6.45) is 2.78. The fraction of sp³-hybridized carbons (Fsp3) is 1.00. The highest BCUT2D eigenvalue weighted by Crippen LogP contribution is 1.87. The molecule has 0 fully saturated rings. The van der Waals surface area contributed by atoms with Gasteiger partial charge in [0.15, 0.2) is 0 Å². The van der Waals surface area contributed by atoms with E-state index in [9.17, 15) is 4.21 Å². The molecular weight excluding hydrogens is 158 g/mol. The van der Waals surface area contributed by atoms with Crippen molar-refractivity contribution in [2.45, 2.75) is 20.3 Å². The molecule has 0 aromatic carbocycles. The predicted molar refractivity (Wildman–Crippen MR) is 51.3 cm³/mol. The Balaban J connectivity index is 2.97. The minimum Gasteiger partial charge on any atom is -0.316 e. The second-order valence-electron chi connectivity index (χ2n) is 3.23. The van der Waals surface area contributed by atoms with Gasteiger partial charge in [0.1, 0.15) is 0 Å². The molecule has 0 aliphatic rings. The molecular formula is C8H19NOS. The molecule has 0 bridgehead atoms. The monoisotopic (exact) mass is 177 g/mol. The predicted octanol–water partition coefficient (Wildman–Crippen LogP) is 1.00. The highest BCUT2D eigenvalue weighted by atomic mass is 32.2. The first-order chi connectivity index (χ1) is 5.13. The molecule has 0 aliphatic carbocycles. The van der Waals surface area contributed by atoms with Crippen LogP contribution in [-0.2, 0) is 10.8 Å². The van der Waals surface area contributed by atoms with E-state index in [4.69, 9.17) is 0 Å². The van der Waals surface area contributed by atoms with Crippen LogP contribution >= 0.6 is 0 Å². The zero-order valence-corrected chi connectivity index (χ0v) is 8.54. The molecule has 68 valence electrons. The average Bonchev–Trinajstić information content (AvgIpc) is 1.85. The molecule has 0 aliphatic heterocycles. The van der Waals surface area contributed by atoms with Crippen LogP contribution in [0.15, 0.2) is 0 Å². The highest BCUT2D eigenvalue weighted by molar-refractivity contribution is 7.84. The summed E-state index contributed by atoms with van der Waals surface area (Å²) in [6.45, 7) is 6.43. The quantitative estimate of drug-likeness (QED) is 0.613. The largest absolute Gasteiger partial charge is 0.316 e. The van der Waals surface area contributed by atoms with Crippen LogP contribution in [0.25, 0.3) is 0 Å². The Morgan fingerprint density at radius 2 is 2.09 bits per heavy atom. The normalized spacial score (nSPS) is 13.8. The maximum absolute atomic E-state index is 10.6. The van der Waals surface area contributed by atoms with Crippen molar-refractivity contribution < 1.29 is 4.21 Å². The van der Waals surface area contributed by atoms with E-state index >= 15 is 0 Å². The van der Waals surface area contributed by atoms with Crippen molar-refractivity contribution in [3.63, 3.8) is 0 Å². The van der Waals surface area contributed by atoms with Crippen LogP contribution in [0.2, 0.25) is 0 Å². The minimum absolute atomic E-state index is 0.620. The van der Waals surface area contributed by atoms with Gasteiger partial charge in [-0.15, -0.1) is 0 Å². The Morgan fingerprint density at radius 3 is 2.55 bits per heavy atom. The van der Waals surface area contributed by atoms with E-state index in [1.54, 1.807) is 6.26 Å². The van der Waals surface area contributed by atoms with Crippen LogP contribution in [0.5, 0.6) is 0 Å². The van der Waals surface area contributed by atoms with Crippen LogP contribution in [0.1, 0.15) is 20.3 Å². The van der Waals surface area contributed by atoms with E-state index in [0.29, 0.717) is 5.92 Å². The van der Waals surface area contributed by atoms with Gasteiger partial charge < -0.3 is 5.32 Å². The third-order valence-electron chi connectivity index (χ3n) is 1.34. The Labute approximate surface area is 72.2 Å². The first kappa shape index (κ1) is 11.1. The van der Waals surface area contributed by atoms with Crippen LogP contribution in [0.4, 0.5) is 0 Å². The Bertz CT molecular complexity index is 115. The Kier molecular flexibility index (Phi) is 6.87. The van der Waals surface area contributed by atoms with Gasteiger partial charge in [-0.1, -0.05) is 13.8 Å². The highest BCUT2D eigenvalue weighted by Gasteiger charge is 1.93. The van der Waals surface area contributed by atoms with E-state index in [1.807, 2.05) is 0 Å². The lowest BCUT2D eigenvalue weighted by Crippen LogP contribution is -2.21. The molecule has 0 radical (unpaired) electrons. The van der Waals surface area contributed by atoms with Gasteiger partial charge in [-0.25, -0.2) is 0 Å². The van der Waals surface area contributed by atoms with Crippen LogP contribution in [-0.4, -0.2) is 29.3 Å². The summed E-state index contributed by atoms with van der Waals surface area (Å²) in [5, 5.41) is 3.31. The fourth-order valence-corrected chi connectivity index (χ4v) is 1.34. The molecule has 0 heterocycles. The summed E-state index contributed by atoms with van der Waals surface area (Å²) in [7, 11) is -0.620. The third-order valence-corrected chi connectivity index (χ3v) is 2.20. The smallest absolute Gasteiger partial charge is 0.0244 e. The Hall–Kier alpha value is 0.110. The molecule has 1 N–H and O–H groups in total. The fourth-order valence-electron chi connectivity index (χ4n) is 0.791. The number of hydrogen-bond acceptors (Lipinski definition) is 2. The van der Waals surface area contributed by atoms with Crippen molar-refractivity contribution in [3.8, 4) is 0 Å². The van der Waals surface area contributed by atoms with Crippen molar-refractivity contribution in [1.29, 1.82) is 0 Å². The van der Waals surface area contributed by atoms with E-state index < -0.39 is 10.8 Å². The van der Waals surface area contributed by atoms with E-state index in [1.165, 1.54) is 0 Å². The van der Waals surface area contributed by atoms with Crippen molar-refractivity contribution in [3.05, 3.63) is 0 Å². The van der Waals surface area contributed by atoms with Gasteiger partial charge in [-0.05, 0) is 25.4 Å². The second kappa shape index (κ2) is 6.80. The van der Waals surface area contributed by atoms with Gasteiger partial charge in [-0.3, -0.25) is 4.21 Å². The Morgan fingerprint density at radius 1 is 1.45 bits per heavy atom. The van der Waals surface area contributed by atoms with Gasteiger partial charge in [0.05, 0.1) is 0 Å². The summed E-state index contributed by atoms with van der Waals surface area (Å²) in [4.78, 5) is 0. The molecule has 0 saturated carbocycles. The molecule has 0 aromatic rings. The van der Waals surface area contributed by atoms with Gasteiger partial charge >= 0.3 is 0 Å². The second-order valence-corrected chi connectivity index (χ2v) is 4.78. The molecule has 1 unspecified atom stereocenters. The molecule has 0 aromatic heterocycles. The maximum Gasteiger partial charge on any atom is 0.0244 e. The maximum atomic E-state index is 10.6. The molecule has 1 atom stereocenters. The van der Waals surface area contributed by atoms with E-state index in [0.717, 1.165) is 25.3 Å². The topological polar surface area (TPSA) is 29.1 Å². The number of rotatable bonds is 6. The standard InChI is InChI=1S/C8H19NOS/c1-8(2)7-9-5-4-6-11(3)10/h8-9H,4-7H2,1-3H3. The zero-order chi connectivity index (χ0) is 8.69. The average molecular weight is 177 g/mol. The molecule has 3 heteroatoms. The first-order valence-corrected chi connectivity index (χ1v) is 5.86. The zero-order valence-electron chi connectivity index (χ0n) is 7.72. The molecule has 0 rings (SSSR count). The number of hydrogen-bond donors (Lipinski definition) is 1. The van der Waals surface area contributed by atoms with Gasteiger partial charge in [0, 0.05) is 22.8 Å². The van der Waals surface area contributed by atoms with Crippen molar-refractivity contribution >= 4 is 10.8 Å². The van der Waals surface area contributed by atoms with Crippen LogP contribution in [0, 0.1) is 5.92 Å². The summed E-state index contributed by atoms with van der Waals surface area (Å²) in [5.41, 5.74) is 0. The molecule has 2 nitrogen and oxygen atoms in total. The minimum atomic E-state index is -0.620.